The SMILES string of the molecule is O=C(/C=C(/Sc1ccccc1)C(F)(F)F)Nc1ccccc1. The van der Waals surface area contributed by atoms with Crippen molar-refractivity contribution >= 4 is 23.4 Å². The monoisotopic (exact) mass is 323 g/mol. The molecular weight excluding hydrogens is 311 g/mol. The molecule has 1 N–H and O–H groups in total. The van der Waals surface area contributed by atoms with E-state index in [4.69, 9.17) is 0 Å². The van der Waals surface area contributed by atoms with Crippen LogP contribution in [-0.4, -0.2) is 12.1 Å². The van der Waals surface area contributed by atoms with E-state index in [2.05, 4.69) is 5.32 Å². The van der Waals surface area contributed by atoms with E-state index in [0.29, 0.717) is 28.4 Å². The number of halogens is 3. The highest BCUT2D eigenvalue weighted by molar-refractivity contribution is 8.03. The van der Waals surface area contributed by atoms with Gasteiger partial charge >= 0.3 is 6.18 Å². The molecule has 6 heteroatoms. The number of thioether (sulfide) groups is 1. The van der Waals surface area contributed by atoms with Crippen LogP contribution in [0.15, 0.2) is 76.5 Å². The number of benzene rings is 2. The third-order valence-electron chi connectivity index (χ3n) is 2.55. The molecule has 2 rings (SSSR count). The smallest absolute Gasteiger partial charge is 0.322 e. The first-order valence-corrected chi connectivity index (χ1v) is 7.14. The van der Waals surface area contributed by atoms with Gasteiger partial charge < -0.3 is 5.32 Å². The molecule has 0 saturated heterocycles. The second-order valence-corrected chi connectivity index (χ2v) is 5.39. The summed E-state index contributed by atoms with van der Waals surface area (Å²) in [6.45, 7) is 0. The van der Waals surface area contributed by atoms with E-state index >= 15 is 0 Å². The summed E-state index contributed by atoms with van der Waals surface area (Å²) in [5, 5.41) is 2.40. The van der Waals surface area contributed by atoms with Gasteiger partial charge in [0.05, 0.1) is 4.91 Å². The zero-order valence-electron chi connectivity index (χ0n) is 11.3. The predicted octanol–water partition coefficient (Wildman–Crippen LogP) is 4.86. The third-order valence-corrected chi connectivity index (χ3v) is 3.63. The second kappa shape index (κ2) is 7.17. The predicted molar refractivity (Wildman–Crippen MR) is 81.5 cm³/mol. The number of carbonyl (C=O) groups is 1. The van der Waals surface area contributed by atoms with Gasteiger partial charge in [-0.2, -0.15) is 13.2 Å². The van der Waals surface area contributed by atoms with E-state index in [-0.39, 0.29) is 0 Å². The van der Waals surface area contributed by atoms with Crippen LogP contribution >= 0.6 is 11.8 Å². The van der Waals surface area contributed by atoms with E-state index in [1.54, 1.807) is 60.7 Å². The molecule has 2 nitrogen and oxygen atoms in total. The van der Waals surface area contributed by atoms with Crippen molar-refractivity contribution in [3.05, 3.63) is 71.6 Å². The first-order chi connectivity index (χ1) is 10.4. The first kappa shape index (κ1) is 16.2. The summed E-state index contributed by atoms with van der Waals surface area (Å²) in [6, 6.07) is 16.4. The van der Waals surface area contributed by atoms with Gasteiger partial charge in [0.25, 0.3) is 0 Å². The Bertz CT molecular complexity index is 654. The number of rotatable bonds is 4. The van der Waals surface area contributed by atoms with Gasteiger partial charge in [-0.3, -0.25) is 4.79 Å². The number of amides is 1. The number of anilines is 1. The van der Waals surface area contributed by atoms with Crippen molar-refractivity contribution < 1.29 is 18.0 Å². The van der Waals surface area contributed by atoms with Crippen molar-refractivity contribution in [1.29, 1.82) is 0 Å². The van der Waals surface area contributed by atoms with Crippen molar-refractivity contribution in [3.8, 4) is 0 Å². The third kappa shape index (κ3) is 4.96. The Morgan fingerprint density at radius 1 is 0.955 bits per heavy atom. The van der Waals surface area contributed by atoms with Gasteiger partial charge in [0.1, 0.15) is 0 Å². The molecule has 114 valence electrons. The summed E-state index contributed by atoms with van der Waals surface area (Å²) >= 11 is 0.510. The molecule has 2 aromatic carbocycles. The fourth-order valence-corrected chi connectivity index (χ4v) is 2.43. The Kier molecular flexibility index (Phi) is 5.27. The molecule has 0 heterocycles. The van der Waals surface area contributed by atoms with Crippen LogP contribution in [0.3, 0.4) is 0 Å². The maximum Gasteiger partial charge on any atom is 0.422 e. The summed E-state index contributed by atoms with van der Waals surface area (Å²) in [7, 11) is 0. The van der Waals surface area contributed by atoms with Crippen LogP contribution in [0.5, 0.6) is 0 Å². The lowest BCUT2D eigenvalue weighted by Gasteiger charge is -2.11. The van der Waals surface area contributed by atoms with E-state index < -0.39 is 17.0 Å². The minimum atomic E-state index is -4.59. The lowest BCUT2D eigenvalue weighted by Crippen LogP contribution is -2.15. The molecule has 0 spiro atoms. The summed E-state index contributed by atoms with van der Waals surface area (Å²) in [5.74, 6) is -0.818. The van der Waals surface area contributed by atoms with Crippen molar-refractivity contribution in [3.63, 3.8) is 0 Å². The van der Waals surface area contributed by atoms with E-state index in [0.717, 1.165) is 0 Å². The molecule has 0 aliphatic carbocycles. The summed E-state index contributed by atoms with van der Waals surface area (Å²) in [5.41, 5.74) is 0.440. The molecule has 0 saturated carbocycles. The lowest BCUT2D eigenvalue weighted by atomic mass is 10.3. The van der Waals surface area contributed by atoms with Crippen LogP contribution in [0.4, 0.5) is 18.9 Å². The fraction of sp³-hybridized carbons (Fsp3) is 0.0625. The molecule has 0 radical (unpaired) electrons. The lowest BCUT2D eigenvalue weighted by molar-refractivity contribution is -0.113. The number of hydrogen-bond acceptors (Lipinski definition) is 2. The first-order valence-electron chi connectivity index (χ1n) is 6.33. The van der Waals surface area contributed by atoms with Gasteiger partial charge in [-0.05, 0) is 24.3 Å². The van der Waals surface area contributed by atoms with E-state index in [1.165, 1.54) is 0 Å². The minimum absolute atomic E-state index is 0.415. The molecule has 0 aromatic heterocycles. The Hall–Kier alpha value is -2.21. The molecule has 0 unspecified atom stereocenters. The average molecular weight is 323 g/mol. The molecule has 0 bridgehead atoms. The van der Waals surface area contributed by atoms with E-state index in [1.807, 2.05) is 0 Å². The van der Waals surface area contributed by atoms with Crippen LogP contribution in [0.2, 0.25) is 0 Å². The number of para-hydroxylation sites is 1. The molecule has 0 aliphatic rings. The molecule has 0 fully saturated rings. The standard InChI is InChI=1S/C16H12F3NOS/c17-16(18,19)14(22-13-9-5-2-6-10-13)11-15(21)20-12-7-3-1-4-8-12/h1-11H,(H,20,21)/b14-11+. The number of hydrogen-bond donors (Lipinski definition) is 1. The number of alkyl halides is 3. The summed E-state index contributed by atoms with van der Waals surface area (Å²) in [4.78, 5) is 11.2. The van der Waals surface area contributed by atoms with Crippen LogP contribution < -0.4 is 5.32 Å². The van der Waals surface area contributed by atoms with Crippen molar-refractivity contribution in [1.82, 2.24) is 0 Å². The molecule has 1 amide bonds. The van der Waals surface area contributed by atoms with Gasteiger partial charge in [-0.1, -0.05) is 48.2 Å². The topological polar surface area (TPSA) is 29.1 Å². The van der Waals surface area contributed by atoms with Gasteiger partial charge in [-0.15, -0.1) is 0 Å². The van der Waals surface area contributed by atoms with Gasteiger partial charge in [0.2, 0.25) is 5.91 Å². The van der Waals surface area contributed by atoms with Crippen LogP contribution in [0.1, 0.15) is 0 Å². The molecule has 0 atom stereocenters. The summed E-state index contributed by atoms with van der Waals surface area (Å²) in [6.07, 6.45) is -4.01. The Labute approximate surface area is 130 Å². The molecule has 2 aromatic rings. The zero-order valence-corrected chi connectivity index (χ0v) is 12.1. The largest absolute Gasteiger partial charge is 0.422 e. The van der Waals surface area contributed by atoms with Crippen molar-refractivity contribution in [2.24, 2.45) is 0 Å². The van der Waals surface area contributed by atoms with Crippen molar-refractivity contribution in [2.45, 2.75) is 11.1 Å². The highest BCUT2D eigenvalue weighted by Crippen LogP contribution is 2.38. The second-order valence-electron chi connectivity index (χ2n) is 4.28. The van der Waals surface area contributed by atoms with Crippen LogP contribution in [0, 0.1) is 0 Å². The fourth-order valence-electron chi connectivity index (χ4n) is 1.60. The van der Waals surface area contributed by atoms with Gasteiger partial charge in [0, 0.05) is 16.7 Å². The maximum absolute atomic E-state index is 13.0. The highest BCUT2D eigenvalue weighted by atomic mass is 32.2. The average Bonchev–Trinajstić information content (AvgIpc) is 2.48. The van der Waals surface area contributed by atoms with Gasteiger partial charge in [0.15, 0.2) is 0 Å². The number of allylic oxidation sites excluding steroid dienone is 1. The Morgan fingerprint density at radius 3 is 2.05 bits per heavy atom. The van der Waals surface area contributed by atoms with Crippen LogP contribution in [-0.2, 0) is 4.79 Å². The Morgan fingerprint density at radius 2 is 1.50 bits per heavy atom. The normalized spacial score (nSPS) is 12.0. The molecule has 22 heavy (non-hydrogen) atoms. The van der Waals surface area contributed by atoms with Crippen molar-refractivity contribution in [2.75, 3.05) is 5.32 Å². The maximum atomic E-state index is 13.0. The molecule has 0 aliphatic heterocycles. The number of nitrogens with one attached hydrogen (secondary N) is 1. The number of carbonyl (C=O) groups excluding carboxylic acids is 1. The zero-order chi connectivity index (χ0) is 16.0. The molecular formula is C16H12F3NOS. The van der Waals surface area contributed by atoms with Crippen LogP contribution in [0.25, 0.3) is 0 Å². The van der Waals surface area contributed by atoms with E-state index in [9.17, 15) is 18.0 Å². The highest BCUT2D eigenvalue weighted by Gasteiger charge is 2.35. The van der Waals surface area contributed by atoms with Gasteiger partial charge in [-0.25, -0.2) is 0 Å². The quantitative estimate of drug-likeness (QED) is 0.643. The summed E-state index contributed by atoms with van der Waals surface area (Å²) < 4.78 is 39.1. The minimum Gasteiger partial charge on any atom is -0.322 e. The Balaban J connectivity index is 2.16.